The van der Waals surface area contributed by atoms with Crippen LogP contribution in [0.3, 0.4) is 0 Å². The van der Waals surface area contributed by atoms with Crippen molar-refractivity contribution in [3.05, 3.63) is 64.3 Å². The summed E-state index contributed by atoms with van der Waals surface area (Å²) in [6.45, 7) is 0. The second kappa shape index (κ2) is 4.59. The van der Waals surface area contributed by atoms with E-state index in [4.69, 9.17) is 0 Å². The number of hydrogen-bond donors (Lipinski definition) is 1. The summed E-state index contributed by atoms with van der Waals surface area (Å²) in [4.78, 5) is 19.5. The molecule has 0 aliphatic heterocycles. The second-order valence-electron chi connectivity index (χ2n) is 4.05. The molecule has 1 N–H and O–H groups in total. The third kappa shape index (κ3) is 1.96. The Morgan fingerprint density at radius 3 is 2.95 bits per heavy atom. The highest BCUT2D eigenvalue weighted by molar-refractivity contribution is 9.10. The Hall–Kier alpha value is -2.01. The van der Waals surface area contributed by atoms with E-state index in [1.165, 1.54) is 12.1 Å². The van der Waals surface area contributed by atoms with Crippen LogP contribution in [0.25, 0.3) is 10.9 Å². The number of benzene rings is 1. The Morgan fingerprint density at radius 1 is 1.26 bits per heavy atom. The molecule has 0 aliphatic carbocycles. The van der Waals surface area contributed by atoms with Gasteiger partial charge in [0.25, 0.3) is 0 Å². The molecule has 1 aromatic carbocycles. The Bertz CT molecular complexity index is 782. The highest BCUT2D eigenvalue weighted by Crippen LogP contribution is 2.26. The molecule has 19 heavy (non-hydrogen) atoms. The largest absolute Gasteiger partial charge is 0.360 e. The number of rotatable bonds is 2. The minimum Gasteiger partial charge on any atom is -0.360 e. The van der Waals surface area contributed by atoms with E-state index in [0.29, 0.717) is 11.1 Å². The topological polar surface area (TPSA) is 45.8 Å². The average molecular weight is 319 g/mol. The summed E-state index contributed by atoms with van der Waals surface area (Å²) in [6, 6.07) is 6.19. The van der Waals surface area contributed by atoms with Gasteiger partial charge >= 0.3 is 0 Å². The number of nitrogens with one attached hydrogen (secondary N) is 1. The number of hydrogen-bond acceptors (Lipinski definition) is 2. The van der Waals surface area contributed by atoms with Crippen LogP contribution in [0, 0.1) is 5.82 Å². The molecule has 0 unspecified atom stereocenters. The number of halogens is 2. The molecular weight excluding hydrogens is 311 g/mol. The molecule has 3 nitrogen and oxygen atoms in total. The van der Waals surface area contributed by atoms with Crippen molar-refractivity contribution in [3.8, 4) is 0 Å². The molecular formula is C14H8BrFN2O. The molecule has 0 radical (unpaired) electrons. The standard InChI is InChI=1S/C14H8BrFN2O/c15-13-8(2-1-3-11(13)16)14(19)10-7-18-12-4-5-17-6-9(10)12/h1-7,18H. The maximum Gasteiger partial charge on any atom is 0.196 e. The van der Waals surface area contributed by atoms with Gasteiger partial charge in [0, 0.05) is 40.6 Å². The van der Waals surface area contributed by atoms with Crippen LogP contribution < -0.4 is 0 Å². The van der Waals surface area contributed by atoms with E-state index in [1.807, 2.05) is 0 Å². The first-order chi connectivity index (χ1) is 9.18. The summed E-state index contributed by atoms with van der Waals surface area (Å²) >= 11 is 3.11. The second-order valence-corrected chi connectivity index (χ2v) is 4.85. The lowest BCUT2D eigenvalue weighted by atomic mass is 10.0. The summed E-state index contributed by atoms with van der Waals surface area (Å²) in [6.07, 6.45) is 4.88. The summed E-state index contributed by atoms with van der Waals surface area (Å²) in [7, 11) is 0. The third-order valence-corrected chi connectivity index (χ3v) is 3.73. The molecule has 0 fully saturated rings. The number of nitrogens with zero attached hydrogens (tertiary/aromatic N) is 1. The first-order valence-corrected chi connectivity index (χ1v) is 6.37. The minimum absolute atomic E-state index is 0.179. The van der Waals surface area contributed by atoms with Gasteiger partial charge < -0.3 is 4.98 Å². The summed E-state index contributed by atoms with van der Waals surface area (Å²) in [5, 5.41) is 0.726. The first kappa shape index (κ1) is 12.0. The highest BCUT2D eigenvalue weighted by atomic mass is 79.9. The van der Waals surface area contributed by atoms with Gasteiger partial charge in [-0.15, -0.1) is 0 Å². The number of aromatic amines is 1. The molecule has 94 valence electrons. The van der Waals surface area contributed by atoms with Crippen LogP contribution in [0.5, 0.6) is 0 Å². The molecule has 2 heterocycles. The number of ketones is 1. The van der Waals surface area contributed by atoms with Gasteiger partial charge in [0.1, 0.15) is 5.82 Å². The number of fused-ring (bicyclic) bond motifs is 1. The Morgan fingerprint density at radius 2 is 2.11 bits per heavy atom. The van der Waals surface area contributed by atoms with Crippen molar-refractivity contribution in [2.24, 2.45) is 0 Å². The maximum absolute atomic E-state index is 13.5. The van der Waals surface area contributed by atoms with Gasteiger partial charge in [-0.1, -0.05) is 6.07 Å². The van der Waals surface area contributed by atoms with Crippen LogP contribution in [0.1, 0.15) is 15.9 Å². The van der Waals surface area contributed by atoms with E-state index in [0.717, 1.165) is 10.9 Å². The van der Waals surface area contributed by atoms with Gasteiger partial charge in [0.15, 0.2) is 5.78 Å². The van der Waals surface area contributed by atoms with E-state index >= 15 is 0 Å². The molecule has 0 atom stereocenters. The van der Waals surface area contributed by atoms with E-state index in [1.54, 1.807) is 30.7 Å². The molecule has 0 saturated carbocycles. The summed E-state index contributed by atoms with van der Waals surface area (Å²) < 4.78 is 13.7. The van der Waals surface area contributed by atoms with Crippen LogP contribution in [0.2, 0.25) is 0 Å². The van der Waals surface area contributed by atoms with Crippen molar-refractivity contribution in [1.82, 2.24) is 9.97 Å². The predicted octanol–water partition coefficient (Wildman–Crippen LogP) is 3.70. The van der Waals surface area contributed by atoms with Gasteiger partial charge in [-0.2, -0.15) is 0 Å². The van der Waals surface area contributed by atoms with Crippen molar-refractivity contribution in [1.29, 1.82) is 0 Å². The highest BCUT2D eigenvalue weighted by Gasteiger charge is 2.18. The lowest BCUT2D eigenvalue weighted by Crippen LogP contribution is -2.02. The Labute approximate surface area is 116 Å². The number of aromatic nitrogens is 2. The van der Waals surface area contributed by atoms with Crippen molar-refractivity contribution in [2.75, 3.05) is 0 Å². The van der Waals surface area contributed by atoms with Crippen LogP contribution in [-0.4, -0.2) is 15.8 Å². The lowest BCUT2D eigenvalue weighted by molar-refractivity contribution is 0.103. The molecule has 0 amide bonds. The fourth-order valence-electron chi connectivity index (χ4n) is 1.97. The molecule has 0 aliphatic rings. The van der Waals surface area contributed by atoms with Crippen molar-refractivity contribution < 1.29 is 9.18 Å². The van der Waals surface area contributed by atoms with Gasteiger partial charge in [0.2, 0.25) is 0 Å². The van der Waals surface area contributed by atoms with Gasteiger partial charge in [-0.25, -0.2) is 4.39 Å². The van der Waals surface area contributed by atoms with Gasteiger partial charge in [-0.3, -0.25) is 9.78 Å². The molecule has 0 spiro atoms. The molecule has 2 aromatic heterocycles. The van der Waals surface area contributed by atoms with Crippen LogP contribution in [0.4, 0.5) is 4.39 Å². The minimum atomic E-state index is -0.455. The molecule has 5 heteroatoms. The van der Waals surface area contributed by atoms with Crippen molar-refractivity contribution in [2.45, 2.75) is 0 Å². The monoisotopic (exact) mass is 318 g/mol. The SMILES string of the molecule is O=C(c1cccc(F)c1Br)c1c[nH]c2ccncc12. The third-order valence-electron chi connectivity index (χ3n) is 2.92. The van der Waals surface area contributed by atoms with E-state index in [2.05, 4.69) is 25.9 Å². The molecule has 3 rings (SSSR count). The quantitative estimate of drug-likeness (QED) is 0.732. The fraction of sp³-hybridized carbons (Fsp3) is 0. The van der Waals surface area contributed by atoms with Gasteiger partial charge in [-0.05, 0) is 34.1 Å². The number of pyridine rings is 1. The zero-order chi connectivity index (χ0) is 13.4. The van der Waals surface area contributed by atoms with Crippen molar-refractivity contribution >= 4 is 32.6 Å². The van der Waals surface area contributed by atoms with Gasteiger partial charge in [0.05, 0.1) is 4.47 Å². The van der Waals surface area contributed by atoms with E-state index in [-0.39, 0.29) is 10.3 Å². The Kier molecular flexibility index (Phi) is 2.91. The Balaban J connectivity index is 2.17. The normalized spacial score (nSPS) is 10.8. The number of H-pyrrole nitrogens is 1. The number of carbonyl (C=O) groups is 1. The smallest absolute Gasteiger partial charge is 0.196 e. The van der Waals surface area contributed by atoms with Crippen molar-refractivity contribution in [3.63, 3.8) is 0 Å². The molecule has 0 saturated heterocycles. The number of carbonyl (C=O) groups excluding carboxylic acids is 1. The van der Waals surface area contributed by atoms with Crippen LogP contribution in [-0.2, 0) is 0 Å². The fourth-order valence-corrected chi connectivity index (χ4v) is 2.42. The zero-order valence-electron chi connectivity index (χ0n) is 9.65. The predicted molar refractivity (Wildman–Crippen MR) is 73.6 cm³/mol. The molecule has 0 bridgehead atoms. The summed E-state index contributed by atoms with van der Waals surface area (Å²) in [5.41, 5.74) is 1.60. The van der Waals surface area contributed by atoms with E-state index in [9.17, 15) is 9.18 Å². The summed E-state index contributed by atoms with van der Waals surface area (Å²) in [5.74, 6) is -0.700. The average Bonchev–Trinajstić information content (AvgIpc) is 2.85. The molecule has 3 aromatic rings. The van der Waals surface area contributed by atoms with Crippen LogP contribution >= 0.6 is 15.9 Å². The zero-order valence-corrected chi connectivity index (χ0v) is 11.2. The lowest BCUT2D eigenvalue weighted by Gasteiger charge is -2.03. The van der Waals surface area contributed by atoms with Crippen LogP contribution in [0.15, 0.2) is 47.3 Å². The first-order valence-electron chi connectivity index (χ1n) is 5.58. The maximum atomic E-state index is 13.5. The van der Waals surface area contributed by atoms with E-state index < -0.39 is 5.82 Å².